The third-order valence-corrected chi connectivity index (χ3v) is 2.17. The maximum Gasteiger partial charge on any atom is 0.401 e. The third kappa shape index (κ3) is 3.64. The molecule has 0 aromatic heterocycles. The van der Waals surface area contributed by atoms with Crippen LogP contribution >= 0.6 is 0 Å². The van der Waals surface area contributed by atoms with E-state index in [1.54, 1.807) is 0 Å². The van der Waals surface area contributed by atoms with E-state index in [4.69, 9.17) is 5.26 Å². The van der Waals surface area contributed by atoms with Crippen molar-refractivity contribution in [1.29, 1.82) is 5.26 Å². The summed E-state index contributed by atoms with van der Waals surface area (Å²) in [5.74, 6) is -0.0514. The summed E-state index contributed by atoms with van der Waals surface area (Å²) in [5.41, 5.74) is 0. The summed E-state index contributed by atoms with van der Waals surface area (Å²) >= 11 is 0. The van der Waals surface area contributed by atoms with E-state index in [-0.39, 0.29) is 5.92 Å². The molecule has 0 atom stereocenters. The Bertz CT molecular complexity index is 198. The summed E-state index contributed by atoms with van der Waals surface area (Å²) in [4.78, 5) is 1.36. The molecule has 13 heavy (non-hydrogen) atoms. The molecule has 0 unspecified atom stereocenters. The smallest absolute Gasteiger partial charge is 0.295 e. The molecule has 74 valence electrons. The highest BCUT2D eigenvalue weighted by Gasteiger charge is 2.32. The number of halogens is 3. The molecule has 5 heteroatoms. The molecule has 1 rings (SSSR count). The molecule has 0 radical (unpaired) electrons. The van der Waals surface area contributed by atoms with Gasteiger partial charge in [-0.3, -0.25) is 4.90 Å². The van der Waals surface area contributed by atoms with Gasteiger partial charge in [-0.05, 0) is 25.9 Å². The second-order valence-corrected chi connectivity index (χ2v) is 3.29. The average Bonchev–Trinajstić information content (AvgIpc) is 2.03. The van der Waals surface area contributed by atoms with Gasteiger partial charge in [0.15, 0.2) is 0 Å². The van der Waals surface area contributed by atoms with Crippen LogP contribution in [0.4, 0.5) is 13.2 Å². The number of piperidine rings is 1. The molecule has 1 heterocycles. The van der Waals surface area contributed by atoms with E-state index in [2.05, 4.69) is 6.07 Å². The van der Waals surface area contributed by atoms with Gasteiger partial charge < -0.3 is 0 Å². The second kappa shape index (κ2) is 3.97. The Morgan fingerprint density at radius 3 is 2.23 bits per heavy atom. The van der Waals surface area contributed by atoms with Crippen molar-refractivity contribution in [2.45, 2.75) is 19.0 Å². The molecule has 1 fully saturated rings. The number of alkyl halides is 3. The first-order chi connectivity index (χ1) is 6.01. The van der Waals surface area contributed by atoms with Crippen molar-refractivity contribution in [3.05, 3.63) is 0 Å². The maximum absolute atomic E-state index is 11.9. The van der Waals surface area contributed by atoms with Crippen LogP contribution in [0, 0.1) is 17.2 Å². The molecular formula is C8H11F3N2. The Morgan fingerprint density at radius 1 is 1.31 bits per heavy atom. The number of hydrogen-bond acceptors (Lipinski definition) is 2. The summed E-state index contributed by atoms with van der Waals surface area (Å²) in [6.45, 7) is -0.0688. The van der Waals surface area contributed by atoms with Gasteiger partial charge >= 0.3 is 6.18 Å². The number of hydrogen-bond donors (Lipinski definition) is 0. The van der Waals surface area contributed by atoms with Crippen molar-refractivity contribution in [2.75, 3.05) is 19.6 Å². The van der Waals surface area contributed by atoms with E-state index in [1.807, 2.05) is 0 Å². The van der Waals surface area contributed by atoms with Crippen LogP contribution in [0.2, 0.25) is 0 Å². The second-order valence-electron chi connectivity index (χ2n) is 3.29. The number of likely N-dealkylation sites (tertiary alicyclic amines) is 1. The summed E-state index contributed by atoms with van der Waals surface area (Å²) in [6.07, 6.45) is -2.99. The zero-order valence-electron chi connectivity index (χ0n) is 7.14. The van der Waals surface area contributed by atoms with Gasteiger partial charge in [0.2, 0.25) is 0 Å². The number of nitriles is 1. The van der Waals surface area contributed by atoms with Crippen LogP contribution in [-0.4, -0.2) is 30.7 Å². The molecule has 0 bridgehead atoms. The highest BCUT2D eigenvalue weighted by molar-refractivity contribution is 4.87. The van der Waals surface area contributed by atoms with Gasteiger partial charge in [0.1, 0.15) is 0 Å². The first kappa shape index (κ1) is 10.3. The van der Waals surface area contributed by atoms with Crippen molar-refractivity contribution in [2.24, 2.45) is 5.92 Å². The Labute approximate surface area is 74.9 Å². The fraction of sp³-hybridized carbons (Fsp3) is 0.875. The highest BCUT2D eigenvalue weighted by Crippen LogP contribution is 2.21. The number of nitrogens with zero attached hydrogens (tertiary/aromatic N) is 2. The topological polar surface area (TPSA) is 27.0 Å². The Balaban J connectivity index is 2.30. The van der Waals surface area contributed by atoms with Crippen LogP contribution in [0.15, 0.2) is 0 Å². The van der Waals surface area contributed by atoms with Gasteiger partial charge in [-0.1, -0.05) is 0 Å². The molecule has 1 saturated heterocycles. The molecule has 0 spiro atoms. The van der Waals surface area contributed by atoms with Crippen LogP contribution in [0.5, 0.6) is 0 Å². The predicted octanol–water partition coefficient (Wildman–Crippen LogP) is 1.78. The van der Waals surface area contributed by atoms with Crippen LogP contribution < -0.4 is 0 Å². The van der Waals surface area contributed by atoms with Gasteiger partial charge in [0, 0.05) is 5.92 Å². The molecule has 0 aromatic carbocycles. The molecule has 1 aliphatic rings. The summed E-state index contributed by atoms with van der Waals surface area (Å²) in [6, 6.07) is 2.08. The zero-order chi connectivity index (χ0) is 9.90. The Morgan fingerprint density at radius 2 is 1.85 bits per heavy atom. The van der Waals surface area contributed by atoms with Crippen molar-refractivity contribution in [3.63, 3.8) is 0 Å². The van der Waals surface area contributed by atoms with E-state index in [0.717, 1.165) is 0 Å². The van der Waals surface area contributed by atoms with Crippen molar-refractivity contribution in [1.82, 2.24) is 4.90 Å². The van der Waals surface area contributed by atoms with E-state index in [1.165, 1.54) is 4.90 Å². The third-order valence-electron chi connectivity index (χ3n) is 2.17. The van der Waals surface area contributed by atoms with Gasteiger partial charge in [0.05, 0.1) is 12.6 Å². The first-order valence-electron chi connectivity index (χ1n) is 4.20. The summed E-state index contributed by atoms with van der Waals surface area (Å²) in [5, 5.41) is 8.52. The molecular weight excluding hydrogens is 181 g/mol. The van der Waals surface area contributed by atoms with E-state index in [9.17, 15) is 13.2 Å². The van der Waals surface area contributed by atoms with Crippen molar-refractivity contribution >= 4 is 0 Å². The fourth-order valence-electron chi connectivity index (χ4n) is 1.47. The minimum atomic E-state index is -4.11. The molecule has 0 amide bonds. The lowest BCUT2D eigenvalue weighted by Crippen LogP contribution is -2.39. The quantitative estimate of drug-likeness (QED) is 0.633. The molecule has 0 N–H and O–H groups in total. The standard InChI is InChI=1S/C8H11F3N2/c9-8(10,11)6-13-3-1-7(5-12)2-4-13/h7H,1-4,6H2. The van der Waals surface area contributed by atoms with Gasteiger partial charge in [-0.2, -0.15) is 18.4 Å². The monoisotopic (exact) mass is 192 g/mol. The normalized spacial score (nSPS) is 21.4. The fourth-order valence-corrected chi connectivity index (χ4v) is 1.47. The van der Waals surface area contributed by atoms with Gasteiger partial charge in [0.25, 0.3) is 0 Å². The lowest BCUT2D eigenvalue weighted by atomic mass is 9.99. The zero-order valence-corrected chi connectivity index (χ0v) is 7.14. The Hall–Kier alpha value is -0.760. The Kier molecular flexibility index (Phi) is 3.15. The van der Waals surface area contributed by atoms with Crippen molar-refractivity contribution in [3.8, 4) is 6.07 Å². The maximum atomic E-state index is 11.9. The largest absolute Gasteiger partial charge is 0.401 e. The lowest BCUT2D eigenvalue weighted by molar-refractivity contribution is -0.148. The highest BCUT2D eigenvalue weighted by atomic mass is 19.4. The first-order valence-corrected chi connectivity index (χ1v) is 4.20. The van der Waals surface area contributed by atoms with Crippen LogP contribution in [0.3, 0.4) is 0 Å². The molecule has 0 saturated carbocycles. The minimum Gasteiger partial charge on any atom is -0.295 e. The van der Waals surface area contributed by atoms with Gasteiger partial charge in [-0.25, -0.2) is 0 Å². The van der Waals surface area contributed by atoms with E-state index >= 15 is 0 Å². The van der Waals surface area contributed by atoms with Crippen LogP contribution in [-0.2, 0) is 0 Å². The molecule has 0 aromatic rings. The SMILES string of the molecule is N#CC1CCN(CC(F)(F)F)CC1. The number of rotatable bonds is 1. The predicted molar refractivity (Wildman–Crippen MR) is 40.8 cm³/mol. The van der Waals surface area contributed by atoms with Crippen LogP contribution in [0.25, 0.3) is 0 Å². The average molecular weight is 192 g/mol. The van der Waals surface area contributed by atoms with E-state index in [0.29, 0.717) is 25.9 Å². The lowest BCUT2D eigenvalue weighted by Gasteiger charge is -2.29. The van der Waals surface area contributed by atoms with Crippen molar-refractivity contribution < 1.29 is 13.2 Å². The summed E-state index contributed by atoms with van der Waals surface area (Å²) in [7, 11) is 0. The van der Waals surface area contributed by atoms with Gasteiger partial charge in [-0.15, -0.1) is 0 Å². The molecule has 2 nitrogen and oxygen atoms in total. The van der Waals surface area contributed by atoms with Crippen LogP contribution in [0.1, 0.15) is 12.8 Å². The summed E-state index contributed by atoms with van der Waals surface area (Å²) < 4.78 is 35.7. The van der Waals surface area contributed by atoms with E-state index < -0.39 is 12.7 Å². The minimum absolute atomic E-state index is 0.0514. The molecule has 1 aliphatic heterocycles. The molecule has 0 aliphatic carbocycles.